The average Bonchev–Trinajstić information content (AvgIpc) is 3.04. The lowest BCUT2D eigenvalue weighted by Gasteiger charge is -2.26. The zero-order chi connectivity index (χ0) is 16.1. The van der Waals surface area contributed by atoms with Gasteiger partial charge in [0, 0.05) is 30.1 Å². The maximum atomic E-state index is 7.45. The van der Waals surface area contributed by atoms with E-state index in [1.165, 1.54) is 0 Å². The van der Waals surface area contributed by atoms with Crippen molar-refractivity contribution >= 4 is 27.6 Å². The van der Waals surface area contributed by atoms with E-state index in [2.05, 4.69) is 46.7 Å². The Morgan fingerprint density at radius 2 is 1.91 bits per heavy atom. The molecule has 23 heavy (non-hydrogen) atoms. The molecule has 1 aliphatic heterocycles. The van der Waals surface area contributed by atoms with Crippen molar-refractivity contribution in [3.63, 3.8) is 0 Å². The van der Waals surface area contributed by atoms with Gasteiger partial charge < -0.3 is 14.2 Å². The summed E-state index contributed by atoms with van der Waals surface area (Å²) in [6.07, 6.45) is 2.00. The minimum atomic E-state index is 0.111. The molecule has 0 amide bonds. The molecule has 2 heterocycles. The molecule has 3 aromatic rings. The van der Waals surface area contributed by atoms with Crippen molar-refractivity contribution in [1.82, 2.24) is 4.90 Å². The van der Waals surface area contributed by atoms with Gasteiger partial charge in [0.2, 0.25) is 5.82 Å². The molecule has 4 heteroatoms. The molecule has 2 aromatic carbocycles. The molecule has 1 atom stereocenters. The number of benzene rings is 2. The molecule has 0 saturated carbocycles. The van der Waals surface area contributed by atoms with E-state index in [0.29, 0.717) is 5.82 Å². The standard InChI is InChI=1S/C19H17N3O/c1-12-9-15-14-7-5-6-8-17(14)23-18(15)10-16(12)22-13(2)21(4)11-19(22)20-3/h5-11,13H,1-2,4H3/t13-/m0/s1. The topological polar surface area (TPSA) is 24.0 Å². The van der Waals surface area contributed by atoms with Crippen LogP contribution in [0.3, 0.4) is 0 Å². The van der Waals surface area contributed by atoms with E-state index in [-0.39, 0.29) is 6.17 Å². The zero-order valence-electron chi connectivity index (χ0n) is 13.4. The fourth-order valence-electron chi connectivity index (χ4n) is 3.26. The molecule has 4 nitrogen and oxygen atoms in total. The molecule has 0 bridgehead atoms. The zero-order valence-corrected chi connectivity index (χ0v) is 13.4. The van der Waals surface area contributed by atoms with Crippen LogP contribution in [0.15, 0.2) is 52.8 Å². The predicted octanol–water partition coefficient (Wildman–Crippen LogP) is 4.71. The first kappa shape index (κ1) is 13.7. The van der Waals surface area contributed by atoms with Crippen LogP contribution in [-0.2, 0) is 0 Å². The smallest absolute Gasteiger partial charge is 0.247 e. The molecular formula is C19H17N3O. The van der Waals surface area contributed by atoms with Gasteiger partial charge in [0.05, 0.1) is 0 Å². The maximum absolute atomic E-state index is 7.45. The summed E-state index contributed by atoms with van der Waals surface area (Å²) < 4.78 is 6.00. The van der Waals surface area contributed by atoms with Gasteiger partial charge in [-0.2, -0.15) is 0 Å². The van der Waals surface area contributed by atoms with Gasteiger partial charge in [-0.05, 0) is 31.5 Å². The highest BCUT2D eigenvalue weighted by molar-refractivity contribution is 6.06. The monoisotopic (exact) mass is 303 g/mol. The van der Waals surface area contributed by atoms with E-state index >= 15 is 0 Å². The Hall–Kier alpha value is -2.93. The molecule has 0 unspecified atom stereocenters. The van der Waals surface area contributed by atoms with Gasteiger partial charge in [0.15, 0.2) is 6.17 Å². The number of rotatable bonds is 1. The van der Waals surface area contributed by atoms with Crippen LogP contribution in [0, 0.1) is 13.5 Å². The molecule has 0 radical (unpaired) electrons. The number of hydrogen-bond acceptors (Lipinski definition) is 3. The molecule has 0 spiro atoms. The van der Waals surface area contributed by atoms with Crippen molar-refractivity contribution in [2.24, 2.45) is 0 Å². The third-order valence-electron chi connectivity index (χ3n) is 4.60. The van der Waals surface area contributed by atoms with Crippen molar-refractivity contribution in [3.05, 3.63) is 65.4 Å². The van der Waals surface area contributed by atoms with Crippen LogP contribution in [0.5, 0.6) is 0 Å². The molecule has 114 valence electrons. The third kappa shape index (κ3) is 1.90. The van der Waals surface area contributed by atoms with Gasteiger partial charge in [-0.3, -0.25) is 4.90 Å². The van der Waals surface area contributed by atoms with Gasteiger partial charge in [-0.1, -0.05) is 24.8 Å². The lowest BCUT2D eigenvalue weighted by atomic mass is 10.1. The van der Waals surface area contributed by atoms with Crippen molar-refractivity contribution in [1.29, 1.82) is 0 Å². The van der Waals surface area contributed by atoms with Crippen LogP contribution in [-0.4, -0.2) is 18.1 Å². The second-order valence-corrected chi connectivity index (χ2v) is 6.00. The summed E-state index contributed by atoms with van der Waals surface area (Å²) in [5.74, 6) is 0.638. The second kappa shape index (κ2) is 4.79. The Kier molecular flexibility index (Phi) is 2.85. The van der Waals surface area contributed by atoms with Gasteiger partial charge in [0.25, 0.3) is 0 Å². The normalized spacial score (nSPS) is 17.8. The fourth-order valence-corrected chi connectivity index (χ4v) is 3.26. The summed E-state index contributed by atoms with van der Waals surface area (Å²) in [6.45, 7) is 11.6. The van der Waals surface area contributed by atoms with E-state index in [1.807, 2.05) is 31.4 Å². The van der Waals surface area contributed by atoms with Crippen LogP contribution < -0.4 is 4.90 Å². The first-order valence-corrected chi connectivity index (χ1v) is 7.62. The lowest BCUT2D eigenvalue weighted by molar-refractivity contribution is 0.382. The SMILES string of the molecule is [C-]#[N+]C1=CN(C)[C@H](C)N1c1cc2oc3ccccc3c2cc1C. The molecule has 0 fully saturated rings. The van der Waals surface area contributed by atoms with Gasteiger partial charge in [0.1, 0.15) is 16.9 Å². The first-order valence-electron chi connectivity index (χ1n) is 7.62. The number of fused-ring (bicyclic) bond motifs is 3. The predicted molar refractivity (Wildman–Crippen MR) is 92.8 cm³/mol. The van der Waals surface area contributed by atoms with E-state index in [1.54, 1.807) is 0 Å². The van der Waals surface area contributed by atoms with Gasteiger partial charge >= 0.3 is 0 Å². The highest BCUT2D eigenvalue weighted by Crippen LogP contribution is 2.37. The minimum absolute atomic E-state index is 0.111. The molecule has 0 saturated heterocycles. The van der Waals surface area contributed by atoms with Crippen LogP contribution in [0.4, 0.5) is 5.69 Å². The van der Waals surface area contributed by atoms with Crippen LogP contribution in [0.25, 0.3) is 26.8 Å². The molecule has 1 aliphatic rings. The van der Waals surface area contributed by atoms with E-state index in [9.17, 15) is 0 Å². The van der Waals surface area contributed by atoms with E-state index in [4.69, 9.17) is 11.0 Å². The lowest BCUT2D eigenvalue weighted by Crippen LogP contribution is -2.35. The number of aryl methyl sites for hydroxylation is 1. The molecular weight excluding hydrogens is 286 g/mol. The number of furan rings is 1. The average molecular weight is 303 g/mol. The maximum Gasteiger partial charge on any atom is 0.247 e. The second-order valence-electron chi connectivity index (χ2n) is 6.00. The number of hydrogen-bond donors (Lipinski definition) is 0. The summed E-state index contributed by atoms with van der Waals surface area (Å²) in [4.78, 5) is 7.79. The Morgan fingerprint density at radius 1 is 1.13 bits per heavy atom. The van der Waals surface area contributed by atoms with Crippen molar-refractivity contribution in [2.45, 2.75) is 20.0 Å². The summed E-state index contributed by atoms with van der Waals surface area (Å²) in [5, 5.41) is 2.25. The Morgan fingerprint density at radius 3 is 2.70 bits per heavy atom. The minimum Gasteiger partial charge on any atom is -0.456 e. The molecule has 0 aliphatic carbocycles. The Balaban J connectivity index is 1.95. The van der Waals surface area contributed by atoms with Crippen molar-refractivity contribution < 1.29 is 4.42 Å². The van der Waals surface area contributed by atoms with E-state index < -0.39 is 0 Å². The quantitative estimate of drug-likeness (QED) is 0.608. The fraction of sp³-hybridized carbons (Fsp3) is 0.211. The summed E-state index contributed by atoms with van der Waals surface area (Å²) >= 11 is 0. The van der Waals surface area contributed by atoms with Crippen LogP contribution in [0.2, 0.25) is 0 Å². The van der Waals surface area contributed by atoms with Crippen molar-refractivity contribution in [3.8, 4) is 0 Å². The largest absolute Gasteiger partial charge is 0.456 e. The molecule has 4 rings (SSSR count). The summed E-state index contributed by atoms with van der Waals surface area (Å²) in [6, 6.07) is 12.3. The van der Waals surface area contributed by atoms with Crippen LogP contribution >= 0.6 is 0 Å². The first-order chi connectivity index (χ1) is 11.1. The molecule has 1 aromatic heterocycles. The highest BCUT2D eigenvalue weighted by atomic mass is 16.3. The van der Waals surface area contributed by atoms with Crippen molar-refractivity contribution in [2.75, 3.05) is 11.9 Å². The Bertz CT molecular complexity index is 993. The molecule has 0 N–H and O–H groups in total. The highest BCUT2D eigenvalue weighted by Gasteiger charge is 2.32. The number of para-hydroxylation sites is 1. The van der Waals surface area contributed by atoms with E-state index in [0.717, 1.165) is 33.2 Å². The Labute approximate surface area is 135 Å². The van der Waals surface area contributed by atoms with Crippen LogP contribution in [0.1, 0.15) is 12.5 Å². The number of nitrogens with zero attached hydrogens (tertiary/aromatic N) is 3. The third-order valence-corrected chi connectivity index (χ3v) is 4.60. The van der Waals surface area contributed by atoms with Gasteiger partial charge in [-0.15, -0.1) is 0 Å². The number of anilines is 1. The summed E-state index contributed by atoms with van der Waals surface area (Å²) in [5.41, 5.74) is 3.92. The summed E-state index contributed by atoms with van der Waals surface area (Å²) in [7, 11) is 1.99. The van der Waals surface area contributed by atoms with Gasteiger partial charge in [-0.25, -0.2) is 0 Å².